The van der Waals surface area contributed by atoms with Crippen LogP contribution in [0.3, 0.4) is 0 Å². The number of tetrazole rings is 1. The van der Waals surface area contributed by atoms with E-state index in [2.05, 4.69) is 89.3 Å². The summed E-state index contributed by atoms with van der Waals surface area (Å²) in [7, 11) is 0. The van der Waals surface area contributed by atoms with Gasteiger partial charge in [0.15, 0.2) is 0 Å². The molecule has 2 aromatic heterocycles. The highest BCUT2D eigenvalue weighted by molar-refractivity contribution is 5.89. The second kappa shape index (κ2) is 8.74. The summed E-state index contributed by atoms with van der Waals surface area (Å²) in [5.41, 5.74) is 5.30. The molecule has 1 aliphatic rings. The van der Waals surface area contributed by atoms with Crippen LogP contribution in [0, 0.1) is 13.8 Å². The van der Waals surface area contributed by atoms with E-state index < -0.39 is 0 Å². The number of aryl methyl sites for hydroxylation is 2. The molecule has 8 nitrogen and oxygen atoms in total. The Labute approximate surface area is 191 Å². The number of carbonyl (C=O) groups excluding carboxylic acids is 1. The predicted octanol–water partition coefficient (Wildman–Crippen LogP) is 3.65. The standard InChI is InChI=1S/C25H24N6O2/c1-17-5-9-19(10-6-17)22-14-23(20-11-7-18(2)8-12-20)31-25(27-28-29-31)30(22)16-24(32)26-15-21-4-3-13-33-21/h3-14,23H,15-16H2,1-2H3,(H,26,32). The molecule has 4 aromatic rings. The lowest BCUT2D eigenvalue weighted by atomic mass is 9.99. The Bertz CT molecular complexity index is 1270. The monoisotopic (exact) mass is 440 g/mol. The minimum absolute atomic E-state index is 0.0708. The number of aromatic nitrogens is 4. The molecular formula is C25H24N6O2. The fourth-order valence-electron chi connectivity index (χ4n) is 3.90. The number of carbonyl (C=O) groups is 1. The summed E-state index contributed by atoms with van der Waals surface area (Å²) >= 11 is 0. The Balaban J connectivity index is 1.50. The molecule has 166 valence electrons. The summed E-state index contributed by atoms with van der Waals surface area (Å²) in [5.74, 6) is 1.06. The van der Waals surface area contributed by atoms with Crippen molar-refractivity contribution in [3.8, 4) is 0 Å². The number of nitrogens with zero attached hydrogens (tertiary/aromatic N) is 5. The number of furan rings is 1. The molecule has 8 heteroatoms. The largest absolute Gasteiger partial charge is 0.467 e. The second-order valence-corrected chi connectivity index (χ2v) is 8.14. The number of hydrogen-bond donors (Lipinski definition) is 1. The van der Waals surface area contributed by atoms with Crippen molar-refractivity contribution >= 4 is 17.6 Å². The van der Waals surface area contributed by atoms with Crippen LogP contribution in [0.15, 0.2) is 77.4 Å². The summed E-state index contributed by atoms with van der Waals surface area (Å²) in [5, 5.41) is 15.4. The van der Waals surface area contributed by atoms with Gasteiger partial charge in [0, 0.05) is 0 Å². The zero-order valence-corrected chi connectivity index (χ0v) is 18.5. The van der Waals surface area contributed by atoms with Crippen molar-refractivity contribution in [3.05, 3.63) is 101 Å². The van der Waals surface area contributed by atoms with Gasteiger partial charge in [-0.15, -0.1) is 0 Å². The number of nitrogens with one attached hydrogen (secondary N) is 1. The molecule has 0 radical (unpaired) electrons. The van der Waals surface area contributed by atoms with Gasteiger partial charge >= 0.3 is 0 Å². The smallest absolute Gasteiger partial charge is 0.251 e. The highest BCUT2D eigenvalue weighted by atomic mass is 16.3. The molecule has 1 N–H and O–H groups in total. The van der Waals surface area contributed by atoms with E-state index in [0.29, 0.717) is 18.3 Å². The third-order valence-electron chi connectivity index (χ3n) is 5.69. The fourth-order valence-corrected chi connectivity index (χ4v) is 3.90. The highest BCUT2D eigenvalue weighted by Crippen LogP contribution is 2.36. The first kappa shape index (κ1) is 20.7. The van der Waals surface area contributed by atoms with E-state index in [9.17, 15) is 4.79 Å². The van der Waals surface area contributed by atoms with E-state index in [1.807, 2.05) is 11.0 Å². The first-order chi connectivity index (χ1) is 16.1. The summed E-state index contributed by atoms with van der Waals surface area (Å²) in [4.78, 5) is 14.7. The molecule has 2 aromatic carbocycles. The number of rotatable bonds is 6. The zero-order valence-electron chi connectivity index (χ0n) is 18.5. The lowest BCUT2D eigenvalue weighted by Crippen LogP contribution is -2.39. The van der Waals surface area contributed by atoms with Crippen molar-refractivity contribution in [1.82, 2.24) is 25.5 Å². The molecule has 0 saturated heterocycles. The number of benzene rings is 2. The van der Waals surface area contributed by atoms with Crippen molar-refractivity contribution in [3.63, 3.8) is 0 Å². The molecule has 5 rings (SSSR count). The molecule has 3 heterocycles. The van der Waals surface area contributed by atoms with Crippen molar-refractivity contribution in [2.75, 3.05) is 11.4 Å². The summed E-state index contributed by atoms with van der Waals surface area (Å²) in [6.45, 7) is 4.50. The lowest BCUT2D eigenvalue weighted by molar-refractivity contribution is -0.119. The Hall–Kier alpha value is -4.20. The van der Waals surface area contributed by atoms with Gasteiger partial charge in [-0.25, -0.2) is 0 Å². The maximum Gasteiger partial charge on any atom is 0.251 e. The zero-order chi connectivity index (χ0) is 22.8. The summed E-state index contributed by atoms with van der Waals surface area (Å²) < 4.78 is 7.07. The molecule has 0 fully saturated rings. The average Bonchev–Trinajstić information content (AvgIpc) is 3.52. The van der Waals surface area contributed by atoms with Crippen LogP contribution < -0.4 is 10.2 Å². The van der Waals surface area contributed by atoms with Gasteiger partial charge in [-0.05, 0) is 53.6 Å². The maximum absolute atomic E-state index is 12.9. The van der Waals surface area contributed by atoms with Gasteiger partial charge in [-0.1, -0.05) is 64.8 Å². The molecule has 0 bridgehead atoms. The van der Waals surface area contributed by atoms with Gasteiger partial charge in [-0.3, -0.25) is 9.69 Å². The molecule has 1 unspecified atom stereocenters. The Morgan fingerprint density at radius 1 is 1.03 bits per heavy atom. The van der Waals surface area contributed by atoms with E-state index in [0.717, 1.165) is 22.4 Å². The normalized spacial score (nSPS) is 15.2. The van der Waals surface area contributed by atoms with E-state index in [4.69, 9.17) is 4.42 Å². The Morgan fingerprint density at radius 2 is 1.76 bits per heavy atom. The summed E-state index contributed by atoms with van der Waals surface area (Å²) in [6, 6.07) is 20.0. The van der Waals surface area contributed by atoms with Crippen molar-refractivity contribution in [2.45, 2.75) is 26.4 Å². The average molecular weight is 441 g/mol. The van der Waals surface area contributed by atoms with Crippen LogP contribution in [-0.2, 0) is 11.3 Å². The third kappa shape index (κ3) is 4.27. The second-order valence-electron chi connectivity index (χ2n) is 8.14. The van der Waals surface area contributed by atoms with Gasteiger partial charge in [0.05, 0.1) is 18.5 Å². The molecule has 1 atom stereocenters. The van der Waals surface area contributed by atoms with Gasteiger partial charge in [0.1, 0.15) is 18.3 Å². The van der Waals surface area contributed by atoms with Gasteiger partial charge in [0.25, 0.3) is 5.95 Å². The van der Waals surface area contributed by atoms with Gasteiger partial charge < -0.3 is 9.73 Å². The summed E-state index contributed by atoms with van der Waals surface area (Å²) in [6.07, 6.45) is 3.70. The minimum Gasteiger partial charge on any atom is -0.467 e. The number of amides is 1. The van der Waals surface area contributed by atoms with Crippen molar-refractivity contribution in [1.29, 1.82) is 0 Å². The van der Waals surface area contributed by atoms with Crippen LogP contribution in [0.1, 0.15) is 34.1 Å². The quantitative estimate of drug-likeness (QED) is 0.492. The van der Waals surface area contributed by atoms with Crippen LogP contribution in [0.2, 0.25) is 0 Å². The molecule has 1 amide bonds. The topological polar surface area (TPSA) is 89.1 Å². The number of fused-ring (bicyclic) bond motifs is 1. The molecular weight excluding hydrogens is 416 g/mol. The fraction of sp³-hybridized carbons (Fsp3) is 0.200. The lowest BCUT2D eigenvalue weighted by Gasteiger charge is -2.32. The SMILES string of the molecule is Cc1ccc(C2=CC(c3ccc(C)cc3)n3nnnc3N2CC(=O)NCc2ccco2)cc1. The van der Waals surface area contributed by atoms with Crippen LogP contribution in [-0.4, -0.2) is 32.7 Å². The Morgan fingerprint density at radius 3 is 2.45 bits per heavy atom. The molecule has 33 heavy (non-hydrogen) atoms. The van der Waals surface area contributed by atoms with Crippen LogP contribution in [0.4, 0.5) is 5.95 Å². The van der Waals surface area contributed by atoms with Crippen molar-refractivity contribution in [2.24, 2.45) is 0 Å². The number of anilines is 1. The Kier molecular flexibility index (Phi) is 5.48. The highest BCUT2D eigenvalue weighted by Gasteiger charge is 2.31. The van der Waals surface area contributed by atoms with Crippen LogP contribution >= 0.6 is 0 Å². The van der Waals surface area contributed by atoms with Crippen LogP contribution in [0.5, 0.6) is 0 Å². The number of hydrogen-bond acceptors (Lipinski definition) is 6. The first-order valence-corrected chi connectivity index (χ1v) is 10.8. The molecule has 0 spiro atoms. The maximum atomic E-state index is 12.9. The van der Waals surface area contributed by atoms with E-state index >= 15 is 0 Å². The van der Waals surface area contributed by atoms with E-state index in [1.54, 1.807) is 17.0 Å². The first-order valence-electron chi connectivity index (χ1n) is 10.8. The molecule has 0 saturated carbocycles. The van der Waals surface area contributed by atoms with Gasteiger partial charge in [0.2, 0.25) is 5.91 Å². The predicted molar refractivity (Wildman–Crippen MR) is 124 cm³/mol. The van der Waals surface area contributed by atoms with E-state index in [1.165, 1.54) is 5.56 Å². The minimum atomic E-state index is -0.186. The van der Waals surface area contributed by atoms with Crippen LogP contribution in [0.25, 0.3) is 5.70 Å². The molecule has 1 aliphatic heterocycles. The van der Waals surface area contributed by atoms with Gasteiger partial charge in [-0.2, -0.15) is 4.68 Å². The third-order valence-corrected chi connectivity index (χ3v) is 5.69. The van der Waals surface area contributed by atoms with E-state index in [-0.39, 0.29) is 18.5 Å². The molecule has 0 aliphatic carbocycles. The number of allylic oxidation sites excluding steroid dienone is 1. The van der Waals surface area contributed by atoms with Crippen molar-refractivity contribution < 1.29 is 9.21 Å².